The molecule has 0 saturated heterocycles. The summed E-state index contributed by atoms with van der Waals surface area (Å²) < 4.78 is 5.05. The van der Waals surface area contributed by atoms with Crippen LogP contribution in [0.5, 0.6) is 0 Å². The van der Waals surface area contributed by atoms with Gasteiger partial charge in [-0.2, -0.15) is 11.3 Å². The number of carboxylic acids is 1. The van der Waals surface area contributed by atoms with Gasteiger partial charge in [-0.1, -0.05) is 0 Å². The maximum Gasteiger partial charge on any atom is 0.408 e. The summed E-state index contributed by atoms with van der Waals surface area (Å²) in [6.45, 7) is 5.08. The Morgan fingerprint density at radius 3 is 2.47 bits per heavy atom. The molecule has 0 radical (unpaired) electrons. The van der Waals surface area contributed by atoms with Gasteiger partial charge >= 0.3 is 12.1 Å². The van der Waals surface area contributed by atoms with E-state index in [0.29, 0.717) is 5.56 Å². The first kappa shape index (κ1) is 15.5. The topological polar surface area (TPSA) is 95.9 Å². The van der Waals surface area contributed by atoms with E-state index in [-0.39, 0.29) is 0 Å². The molecule has 106 valence electrons. The highest BCUT2D eigenvalue weighted by atomic mass is 32.1. The average molecular weight is 287 g/mol. The van der Waals surface area contributed by atoms with E-state index < -0.39 is 29.8 Å². The first-order chi connectivity index (χ1) is 8.70. The molecule has 1 rings (SSSR count). The molecule has 0 unspecified atom stereocenters. The number of ether oxygens (including phenoxy) is 1. The number of carbonyl (C=O) groups excluding carboxylic acids is 1. The molecular formula is C12H17NO5S. The van der Waals surface area contributed by atoms with E-state index >= 15 is 0 Å². The maximum atomic E-state index is 11.7. The summed E-state index contributed by atoms with van der Waals surface area (Å²) in [6, 6.07) is 0.595. The summed E-state index contributed by atoms with van der Waals surface area (Å²) in [7, 11) is 0. The Kier molecular flexibility index (Phi) is 4.90. The second-order valence-electron chi connectivity index (χ2n) is 4.96. The zero-order valence-corrected chi connectivity index (χ0v) is 11.7. The van der Waals surface area contributed by atoms with Crippen LogP contribution in [0.15, 0.2) is 16.8 Å². The van der Waals surface area contributed by atoms with Crippen molar-refractivity contribution in [2.45, 2.75) is 38.5 Å². The zero-order chi connectivity index (χ0) is 14.6. The van der Waals surface area contributed by atoms with Crippen molar-refractivity contribution in [2.75, 3.05) is 0 Å². The normalized spacial score (nSPS) is 14.5. The molecule has 1 aromatic heterocycles. The maximum absolute atomic E-state index is 11.7. The Morgan fingerprint density at radius 2 is 2.05 bits per heavy atom. The van der Waals surface area contributed by atoms with Gasteiger partial charge in [-0.25, -0.2) is 9.59 Å². The molecule has 0 aliphatic carbocycles. The van der Waals surface area contributed by atoms with Gasteiger partial charge in [0.15, 0.2) is 6.10 Å². The molecule has 6 nitrogen and oxygen atoms in total. The minimum absolute atomic E-state index is 0.519. The third-order valence-corrected chi connectivity index (χ3v) is 2.84. The quantitative estimate of drug-likeness (QED) is 0.784. The van der Waals surface area contributed by atoms with Crippen LogP contribution in [0.4, 0.5) is 4.79 Å². The van der Waals surface area contributed by atoms with E-state index in [9.17, 15) is 14.7 Å². The van der Waals surface area contributed by atoms with Crippen LogP contribution < -0.4 is 5.32 Å². The van der Waals surface area contributed by atoms with Crippen LogP contribution in [0.2, 0.25) is 0 Å². The molecule has 0 aromatic carbocycles. The Balaban J connectivity index is 2.82. The van der Waals surface area contributed by atoms with Crippen LogP contribution in [0.25, 0.3) is 0 Å². The van der Waals surface area contributed by atoms with E-state index in [1.807, 2.05) is 0 Å². The highest BCUT2D eigenvalue weighted by Gasteiger charge is 2.30. The average Bonchev–Trinajstić information content (AvgIpc) is 2.75. The summed E-state index contributed by atoms with van der Waals surface area (Å²) in [6.07, 6.45) is -2.51. The second-order valence-corrected chi connectivity index (χ2v) is 5.74. The number of hydrogen-bond acceptors (Lipinski definition) is 5. The lowest BCUT2D eigenvalue weighted by atomic mass is 10.1. The molecule has 3 N–H and O–H groups in total. The predicted octanol–water partition coefficient (Wildman–Crippen LogP) is 1.76. The summed E-state index contributed by atoms with van der Waals surface area (Å²) in [5, 5.41) is 24.3. The van der Waals surface area contributed by atoms with Gasteiger partial charge in [0, 0.05) is 0 Å². The van der Waals surface area contributed by atoms with Gasteiger partial charge in [0.25, 0.3) is 0 Å². The number of carbonyl (C=O) groups is 2. The molecule has 19 heavy (non-hydrogen) atoms. The number of thiophene rings is 1. The van der Waals surface area contributed by atoms with Crippen LogP contribution in [0.3, 0.4) is 0 Å². The fourth-order valence-electron chi connectivity index (χ4n) is 1.37. The van der Waals surface area contributed by atoms with Crippen molar-refractivity contribution < 1.29 is 24.5 Å². The molecule has 0 bridgehead atoms. The standard InChI is InChI=1S/C12H17NO5S/c1-12(2,3)18-11(17)13-8(9(14)10(15)16)7-4-5-19-6-7/h4-6,8-9,14H,1-3H3,(H,13,17)(H,15,16)/t8-,9+/m0/s1. The molecule has 0 aliphatic rings. The Hall–Kier alpha value is -1.60. The third-order valence-electron chi connectivity index (χ3n) is 2.14. The molecule has 0 aliphatic heterocycles. The lowest BCUT2D eigenvalue weighted by Gasteiger charge is -2.24. The van der Waals surface area contributed by atoms with E-state index in [4.69, 9.17) is 9.84 Å². The molecular weight excluding hydrogens is 270 g/mol. The minimum atomic E-state index is -1.73. The Morgan fingerprint density at radius 1 is 1.42 bits per heavy atom. The van der Waals surface area contributed by atoms with Gasteiger partial charge in [0.2, 0.25) is 0 Å². The van der Waals surface area contributed by atoms with E-state index in [1.54, 1.807) is 37.6 Å². The van der Waals surface area contributed by atoms with E-state index in [0.717, 1.165) is 0 Å². The van der Waals surface area contributed by atoms with Crippen molar-refractivity contribution in [3.63, 3.8) is 0 Å². The first-order valence-corrected chi connectivity index (χ1v) is 6.57. The van der Waals surface area contributed by atoms with Crippen LogP contribution in [0, 0.1) is 0 Å². The number of rotatable bonds is 4. The highest BCUT2D eigenvalue weighted by molar-refractivity contribution is 7.08. The SMILES string of the molecule is CC(C)(C)OC(=O)N[C@@H](c1ccsc1)[C@@H](O)C(=O)O. The van der Waals surface area contributed by atoms with Crippen molar-refractivity contribution in [3.05, 3.63) is 22.4 Å². The molecule has 1 aromatic rings. The number of carboxylic acid groups (broad SMARTS) is 1. The predicted molar refractivity (Wildman–Crippen MR) is 70.1 cm³/mol. The molecule has 0 saturated carbocycles. The number of aliphatic hydroxyl groups excluding tert-OH is 1. The largest absolute Gasteiger partial charge is 0.479 e. The Bertz CT molecular complexity index is 437. The summed E-state index contributed by atoms with van der Waals surface area (Å²) in [4.78, 5) is 22.5. The molecule has 2 atom stereocenters. The van der Waals surface area contributed by atoms with Crippen molar-refractivity contribution in [1.29, 1.82) is 0 Å². The number of aliphatic hydroxyl groups is 1. The van der Waals surface area contributed by atoms with Crippen molar-refractivity contribution in [3.8, 4) is 0 Å². The van der Waals surface area contributed by atoms with Crippen molar-refractivity contribution in [2.24, 2.45) is 0 Å². The van der Waals surface area contributed by atoms with Crippen LogP contribution >= 0.6 is 11.3 Å². The lowest BCUT2D eigenvalue weighted by molar-refractivity contribution is -0.148. The summed E-state index contributed by atoms with van der Waals surface area (Å²) >= 11 is 1.34. The van der Waals surface area contributed by atoms with E-state index in [1.165, 1.54) is 11.3 Å². The van der Waals surface area contributed by atoms with Gasteiger partial charge in [0.1, 0.15) is 5.60 Å². The number of alkyl carbamates (subject to hydrolysis) is 1. The van der Waals surface area contributed by atoms with Gasteiger partial charge in [-0.05, 0) is 43.2 Å². The second kappa shape index (κ2) is 6.03. The Labute approximate surface area is 115 Å². The third kappa shape index (κ3) is 4.88. The molecule has 1 heterocycles. The van der Waals surface area contributed by atoms with Gasteiger partial charge in [-0.15, -0.1) is 0 Å². The number of aliphatic carboxylic acids is 1. The van der Waals surface area contributed by atoms with Gasteiger partial charge < -0.3 is 20.3 Å². The molecule has 7 heteroatoms. The molecule has 0 fully saturated rings. The monoisotopic (exact) mass is 287 g/mol. The van der Waals surface area contributed by atoms with Crippen molar-refractivity contribution in [1.82, 2.24) is 5.32 Å². The fourth-order valence-corrected chi connectivity index (χ4v) is 2.07. The van der Waals surface area contributed by atoms with Crippen LogP contribution in [-0.4, -0.2) is 34.0 Å². The summed E-state index contributed by atoms with van der Waals surface area (Å²) in [5.74, 6) is -1.41. The van der Waals surface area contributed by atoms with Gasteiger partial charge in [0.05, 0.1) is 6.04 Å². The number of hydrogen-bond donors (Lipinski definition) is 3. The number of amides is 1. The highest BCUT2D eigenvalue weighted by Crippen LogP contribution is 2.21. The smallest absolute Gasteiger partial charge is 0.408 e. The zero-order valence-electron chi connectivity index (χ0n) is 10.9. The van der Waals surface area contributed by atoms with Crippen LogP contribution in [0.1, 0.15) is 32.4 Å². The van der Waals surface area contributed by atoms with Gasteiger partial charge in [-0.3, -0.25) is 0 Å². The lowest BCUT2D eigenvalue weighted by Crippen LogP contribution is -2.42. The first-order valence-electron chi connectivity index (χ1n) is 5.63. The molecule has 0 spiro atoms. The number of nitrogens with one attached hydrogen (secondary N) is 1. The molecule has 1 amide bonds. The van der Waals surface area contributed by atoms with E-state index in [2.05, 4.69) is 5.32 Å². The van der Waals surface area contributed by atoms with Crippen molar-refractivity contribution >= 4 is 23.4 Å². The minimum Gasteiger partial charge on any atom is -0.479 e. The fraction of sp³-hybridized carbons (Fsp3) is 0.500. The van der Waals surface area contributed by atoms with Crippen LogP contribution in [-0.2, 0) is 9.53 Å². The summed E-state index contributed by atoms with van der Waals surface area (Å²) in [5.41, 5.74) is -0.178.